The normalized spacial score (nSPS) is 17.9. The first kappa shape index (κ1) is 40.0. The number of aromatic nitrogens is 4. The largest absolute Gasteiger partial charge is 0.453 e. The summed E-state index contributed by atoms with van der Waals surface area (Å²) in [6, 6.07) is 14.1. The van der Waals surface area contributed by atoms with Crippen LogP contribution in [0.15, 0.2) is 54.7 Å². The summed E-state index contributed by atoms with van der Waals surface area (Å²) in [7, 11) is 2.55. The molecule has 2 saturated heterocycles. The fourth-order valence-electron chi connectivity index (χ4n) is 7.64. The average molecular weight is 769 g/mol. The number of aliphatic hydroxyl groups excluding tert-OH is 1. The number of hydrogen-bond donors (Lipinski definition) is 5. The number of carbonyl (C=O) groups is 4. The molecule has 5 N–H and O–H groups in total. The van der Waals surface area contributed by atoms with Gasteiger partial charge in [-0.05, 0) is 54.2 Å². The van der Waals surface area contributed by atoms with E-state index < -0.39 is 24.3 Å². The van der Waals surface area contributed by atoms with Crippen LogP contribution in [0.1, 0.15) is 82.8 Å². The van der Waals surface area contributed by atoms with Crippen LogP contribution < -0.4 is 10.6 Å². The summed E-state index contributed by atoms with van der Waals surface area (Å²) in [6.07, 6.45) is 3.59. The Morgan fingerprint density at radius 3 is 1.66 bits per heavy atom. The number of nitrogens with one attached hydrogen (secondary N) is 4. The maximum Gasteiger partial charge on any atom is 0.407 e. The van der Waals surface area contributed by atoms with Gasteiger partial charge in [-0.1, -0.05) is 76.2 Å². The first-order chi connectivity index (χ1) is 26.9. The summed E-state index contributed by atoms with van der Waals surface area (Å²) in [5.41, 5.74) is 5.80. The van der Waals surface area contributed by atoms with Gasteiger partial charge in [0.15, 0.2) is 0 Å². The van der Waals surface area contributed by atoms with Crippen molar-refractivity contribution in [3.8, 4) is 33.6 Å². The molecule has 2 aliphatic heterocycles. The quantitative estimate of drug-likeness (QED) is 0.120. The SMILES string of the molecule is COC(=O)N[C@H](C(=O)N1CCC[C@H]1c1ncc(-c2ccc(-c3ccc(-c4nc([C@@H]5CCCN5C(=O)[C@@H](NC(=O)OC)C(C)C)[nH]c4CO)cc3)cc2)[nH]1)C(C)C. The third-order valence-electron chi connectivity index (χ3n) is 10.7. The van der Waals surface area contributed by atoms with Gasteiger partial charge in [0.25, 0.3) is 0 Å². The second-order valence-corrected chi connectivity index (χ2v) is 15.0. The molecule has 0 unspecified atom stereocenters. The number of methoxy groups -OCH3 is 2. The third-order valence-corrected chi connectivity index (χ3v) is 10.7. The molecule has 4 aromatic rings. The second kappa shape index (κ2) is 17.4. The lowest BCUT2D eigenvalue weighted by molar-refractivity contribution is -0.136. The highest BCUT2D eigenvalue weighted by atomic mass is 16.5. The van der Waals surface area contributed by atoms with Gasteiger partial charge in [0, 0.05) is 18.7 Å². The van der Waals surface area contributed by atoms with Crippen LogP contribution >= 0.6 is 0 Å². The number of H-pyrrole nitrogens is 2. The van der Waals surface area contributed by atoms with Crippen molar-refractivity contribution < 1.29 is 33.8 Å². The van der Waals surface area contributed by atoms with Gasteiger partial charge >= 0.3 is 12.2 Å². The molecule has 0 bridgehead atoms. The summed E-state index contributed by atoms with van der Waals surface area (Å²) in [6.45, 7) is 8.40. The van der Waals surface area contributed by atoms with Crippen molar-refractivity contribution in [2.75, 3.05) is 27.3 Å². The molecule has 2 aromatic carbocycles. The van der Waals surface area contributed by atoms with E-state index in [1.807, 2.05) is 76.2 Å². The fourth-order valence-corrected chi connectivity index (χ4v) is 7.64. The van der Waals surface area contributed by atoms with E-state index in [0.717, 1.165) is 47.2 Å². The number of benzene rings is 2. The van der Waals surface area contributed by atoms with Crippen molar-refractivity contribution >= 4 is 24.0 Å². The summed E-state index contributed by atoms with van der Waals surface area (Å²) in [5.74, 6) is 0.691. The number of hydrogen-bond acceptors (Lipinski definition) is 9. The summed E-state index contributed by atoms with van der Waals surface area (Å²) < 4.78 is 9.50. The van der Waals surface area contributed by atoms with Crippen LogP contribution in [-0.2, 0) is 25.7 Å². The number of ether oxygens (including phenoxy) is 2. The van der Waals surface area contributed by atoms with Crippen molar-refractivity contribution in [3.63, 3.8) is 0 Å². The zero-order valence-corrected chi connectivity index (χ0v) is 32.8. The molecular weight excluding hydrogens is 716 g/mol. The number of carbonyl (C=O) groups excluding carboxylic acids is 4. The molecule has 4 amide bonds. The minimum atomic E-state index is -0.740. The van der Waals surface area contributed by atoms with Crippen molar-refractivity contribution in [1.82, 2.24) is 40.4 Å². The Kier molecular flexibility index (Phi) is 12.4. The molecule has 0 spiro atoms. The van der Waals surface area contributed by atoms with Crippen LogP contribution in [0.4, 0.5) is 9.59 Å². The zero-order chi connectivity index (χ0) is 40.1. The Morgan fingerprint density at radius 1 is 0.732 bits per heavy atom. The Morgan fingerprint density at radius 2 is 1.20 bits per heavy atom. The predicted octanol–water partition coefficient (Wildman–Crippen LogP) is 5.71. The lowest BCUT2D eigenvalue weighted by Crippen LogP contribution is -2.51. The van der Waals surface area contributed by atoms with E-state index in [1.54, 1.807) is 16.0 Å². The first-order valence-electron chi connectivity index (χ1n) is 19.2. The molecule has 56 heavy (non-hydrogen) atoms. The van der Waals surface area contributed by atoms with Crippen molar-refractivity contribution in [1.29, 1.82) is 0 Å². The molecule has 0 radical (unpaired) electrons. The average Bonchev–Trinajstić information content (AvgIpc) is 4.04. The van der Waals surface area contributed by atoms with E-state index in [9.17, 15) is 24.3 Å². The minimum absolute atomic E-state index is 0.115. The van der Waals surface area contributed by atoms with Gasteiger partial charge in [0.2, 0.25) is 11.8 Å². The first-order valence-corrected chi connectivity index (χ1v) is 19.2. The Balaban J connectivity index is 1.14. The van der Waals surface area contributed by atoms with Gasteiger partial charge in [0.05, 0.1) is 56.2 Å². The van der Waals surface area contributed by atoms with E-state index >= 15 is 0 Å². The molecule has 2 aliphatic rings. The van der Waals surface area contributed by atoms with Gasteiger partial charge < -0.3 is 45.0 Å². The standard InChI is InChI=1S/C41H52N8O7/c1-23(2)33(46-40(53)55-5)38(51)48-19-7-9-31(48)36-42-21-29(43-36)27-15-11-25(12-16-27)26-13-17-28(18-14-26)35-30(22-50)44-37(45-35)32-10-8-20-49(32)39(52)34(24(3)4)47-41(54)56-6/h11-18,21,23-24,31-34,50H,7-10,19-20,22H2,1-6H3,(H,42,43)(H,44,45)(H,46,53)(H,47,54)/t31-,32-,33-,34-/m0/s1. The van der Waals surface area contributed by atoms with E-state index in [0.29, 0.717) is 42.5 Å². The van der Waals surface area contributed by atoms with Gasteiger partial charge in [-0.25, -0.2) is 19.6 Å². The molecule has 0 aliphatic carbocycles. The Hall–Kier alpha value is -5.70. The number of rotatable bonds is 12. The van der Waals surface area contributed by atoms with Gasteiger partial charge in [-0.15, -0.1) is 0 Å². The number of alkyl carbamates (subject to hydrolysis) is 2. The van der Waals surface area contributed by atoms with Crippen LogP contribution in [0, 0.1) is 11.8 Å². The molecule has 15 heteroatoms. The number of nitrogens with zero attached hydrogens (tertiary/aromatic N) is 4. The van der Waals surface area contributed by atoms with Crippen LogP contribution in [-0.4, -0.2) is 98.2 Å². The lowest BCUT2D eigenvalue weighted by atomic mass is 10.0. The highest BCUT2D eigenvalue weighted by Gasteiger charge is 2.39. The monoisotopic (exact) mass is 768 g/mol. The van der Waals surface area contributed by atoms with Crippen LogP contribution in [0.5, 0.6) is 0 Å². The van der Waals surface area contributed by atoms with E-state index in [1.165, 1.54) is 14.2 Å². The highest BCUT2D eigenvalue weighted by molar-refractivity contribution is 5.87. The van der Waals surface area contributed by atoms with E-state index in [-0.39, 0.29) is 42.3 Å². The van der Waals surface area contributed by atoms with Crippen molar-refractivity contribution in [2.24, 2.45) is 11.8 Å². The van der Waals surface area contributed by atoms with Gasteiger partial charge in [-0.2, -0.15) is 0 Å². The zero-order valence-electron chi connectivity index (χ0n) is 32.8. The van der Waals surface area contributed by atoms with Crippen LogP contribution in [0.25, 0.3) is 33.6 Å². The van der Waals surface area contributed by atoms with Crippen LogP contribution in [0.2, 0.25) is 0 Å². The maximum absolute atomic E-state index is 13.6. The van der Waals surface area contributed by atoms with E-state index in [2.05, 4.69) is 25.6 Å². The molecule has 4 atom stereocenters. The number of imidazole rings is 2. The van der Waals surface area contributed by atoms with Crippen molar-refractivity contribution in [3.05, 3.63) is 72.1 Å². The topological polar surface area (TPSA) is 195 Å². The summed E-state index contributed by atoms with van der Waals surface area (Å²) >= 11 is 0. The smallest absolute Gasteiger partial charge is 0.407 e. The molecule has 2 fully saturated rings. The number of likely N-dealkylation sites (tertiary alicyclic amines) is 2. The molecule has 15 nitrogen and oxygen atoms in total. The molecule has 6 rings (SSSR count). The molecule has 4 heterocycles. The van der Waals surface area contributed by atoms with Crippen molar-refractivity contribution in [2.45, 2.75) is 84.2 Å². The molecule has 0 saturated carbocycles. The van der Waals surface area contributed by atoms with E-state index in [4.69, 9.17) is 14.5 Å². The predicted molar refractivity (Wildman–Crippen MR) is 209 cm³/mol. The maximum atomic E-state index is 13.6. The second-order valence-electron chi connectivity index (χ2n) is 15.0. The third kappa shape index (κ3) is 8.42. The van der Waals surface area contributed by atoms with Crippen LogP contribution in [0.3, 0.4) is 0 Å². The number of aliphatic hydroxyl groups is 1. The molecular formula is C41H52N8O7. The number of amides is 4. The lowest BCUT2D eigenvalue weighted by Gasteiger charge is -2.30. The molecule has 298 valence electrons. The Labute approximate surface area is 326 Å². The number of aromatic amines is 2. The summed E-state index contributed by atoms with van der Waals surface area (Å²) in [5, 5.41) is 15.6. The Bertz CT molecular complexity index is 2010. The van der Waals surface area contributed by atoms with Gasteiger partial charge in [-0.3, -0.25) is 9.59 Å². The fraction of sp³-hybridized carbons (Fsp3) is 0.463. The summed E-state index contributed by atoms with van der Waals surface area (Å²) in [4.78, 5) is 70.9. The highest BCUT2D eigenvalue weighted by Crippen LogP contribution is 2.36. The minimum Gasteiger partial charge on any atom is -0.453 e. The van der Waals surface area contributed by atoms with Gasteiger partial charge in [0.1, 0.15) is 23.7 Å². The molecule has 2 aromatic heterocycles.